The van der Waals surface area contributed by atoms with Gasteiger partial charge in [-0.15, -0.1) is 10.3 Å². The zero-order valence-electron chi connectivity index (χ0n) is 19.4. The van der Waals surface area contributed by atoms with Crippen LogP contribution in [0.2, 0.25) is 0 Å². The van der Waals surface area contributed by atoms with Gasteiger partial charge in [0.05, 0.1) is 19.5 Å². The van der Waals surface area contributed by atoms with Crippen LogP contribution in [0.15, 0.2) is 12.7 Å². The van der Waals surface area contributed by atoms with Gasteiger partial charge < -0.3 is 13.5 Å². The molecule has 3 rings (SSSR count). The molecule has 0 N–H and O–H groups in total. The molecule has 6 nitrogen and oxygen atoms in total. The molecule has 0 aromatic carbocycles. The molecular weight excluding hydrogens is 511 g/mol. The molecule has 2 unspecified atom stereocenters. The van der Waals surface area contributed by atoms with Gasteiger partial charge in [0.2, 0.25) is 5.88 Å². The first-order valence-electron chi connectivity index (χ1n) is 10.8. The molecule has 30 heavy (non-hydrogen) atoms. The lowest BCUT2D eigenvalue weighted by Crippen LogP contribution is -2.39. The topological polar surface area (TPSA) is 62.1 Å². The van der Waals surface area contributed by atoms with Crippen molar-refractivity contribution < 1.29 is 8.92 Å². The van der Waals surface area contributed by atoms with Crippen LogP contribution in [0, 0.1) is 5.92 Å². The summed E-state index contributed by atoms with van der Waals surface area (Å²) in [5.41, 5.74) is 1.64. The maximum atomic E-state index is 6.77. The van der Waals surface area contributed by atoms with E-state index in [1.807, 2.05) is 6.33 Å². The van der Waals surface area contributed by atoms with Gasteiger partial charge in [-0.25, -0.2) is 9.97 Å². The number of rotatable bonds is 7. The molecule has 0 saturated heterocycles. The van der Waals surface area contributed by atoms with Crippen molar-refractivity contribution in [2.75, 3.05) is 23.9 Å². The molecule has 2 atom stereocenters. The van der Waals surface area contributed by atoms with Gasteiger partial charge in [-0.05, 0) is 31.4 Å². The molecule has 0 bridgehead atoms. The highest BCUT2D eigenvalue weighted by molar-refractivity contribution is 14.1. The average Bonchev–Trinajstić information content (AvgIpc) is 3.29. The minimum atomic E-state index is -1.24. The third kappa shape index (κ3) is 4.75. The number of imidazole rings is 1. The van der Waals surface area contributed by atoms with Gasteiger partial charge in [0.15, 0.2) is 11.2 Å². The lowest BCUT2D eigenvalue weighted by molar-refractivity contribution is 0.263. The Morgan fingerprint density at radius 3 is 2.43 bits per heavy atom. The fourth-order valence-corrected chi connectivity index (χ4v) is 7.52. The molecule has 1 fully saturated rings. The quantitative estimate of drug-likeness (QED) is 0.317. The molecule has 0 radical (unpaired) electrons. The number of ether oxygens (including phenoxy) is 1. The summed E-state index contributed by atoms with van der Waals surface area (Å²) in [6, 6.07) is 0.404. The summed E-state index contributed by atoms with van der Waals surface area (Å²) >= 11 is 2.29. The van der Waals surface area contributed by atoms with Gasteiger partial charge in [0.1, 0.15) is 6.33 Å². The van der Waals surface area contributed by atoms with Crippen molar-refractivity contribution in [3.05, 3.63) is 12.7 Å². The minimum Gasteiger partial charge on any atom is -0.475 e. The summed E-state index contributed by atoms with van der Waals surface area (Å²) < 4.78 is 16.0. The number of fused-ring (bicyclic) bond motifs is 1. The van der Waals surface area contributed by atoms with E-state index < -0.39 is 10.3 Å². The van der Waals surface area contributed by atoms with E-state index in [9.17, 15) is 0 Å². The van der Waals surface area contributed by atoms with Crippen LogP contribution in [0.5, 0.6) is 5.88 Å². The van der Waals surface area contributed by atoms with E-state index in [0.29, 0.717) is 24.4 Å². The Morgan fingerprint density at radius 1 is 1.10 bits per heavy atom. The Morgan fingerprint density at radius 2 is 1.80 bits per heavy atom. The Kier molecular flexibility index (Phi) is 7.29. The van der Waals surface area contributed by atoms with Crippen molar-refractivity contribution >= 4 is 44.1 Å². The predicted molar refractivity (Wildman–Crippen MR) is 135 cm³/mol. The smallest absolute Gasteiger partial charge is 0.245 e. The van der Waals surface area contributed by atoms with Crippen LogP contribution >= 0.6 is 32.9 Å². The second kappa shape index (κ2) is 9.10. The maximum absolute atomic E-state index is 6.77. The van der Waals surface area contributed by atoms with E-state index in [0.717, 1.165) is 35.0 Å². The summed E-state index contributed by atoms with van der Waals surface area (Å²) in [5, 5.41) is 0. The average molecular weight is 549 g/mol. The van der Waals surface area contributed by atoms with E-state index in [2.05, 4.69) is 89.9 Å². The number of nitrogens with zero attached hydrogens (tertiary/aromatic N) is 4. The summed E-state index contributed by atoms with van der Waals surface area (Å²) in [7, 11) is -1.24. The molecule has 0 aliphatic heterocycles. The second-order valence-electron chi connectivity index (χ2n) is 10.2. The summed E-state index contributed by atoms with van der Waals surface area (Å²) in [5.74, 6) is 1.16. The van der Waals surface area contributed by atoms with Crippen LogP contribution in [-0.2, 0) is 4.18 Å². The lowest BCUT2D eigenvalue weighted by atomic mass is 10.1. The van der Waals surface area contributed by atoms with Crippen molar-refractivity contribution in [1.82, 2.24) is 19.5 Å². The van der Waals surface area contributed by atoms with Gasteiger partial charge in [-0.3, -0.25) is 0 Å². The Labute approximate surface area is 196 Å². The highest BCUT2D eigenvalue weighted by atomic mass is 127. The normalized spacial score (nSPS) is 21.3. The molecule has 2 aromatic rings. The van der Waals surface area contributed by atoms with Gasteiger partial charge in [0.25, 0.3) is 0 Å². The fraction of sp³-hybridized carbons (Fsp3) is 0.773. The van der Waals surface area contributed by atoms with Crippen molar-refractivity contribution in [3.63, 3.8) is 0 Å². The molecule has 1 aliphatic rings. The first-order chi connectivity index (χ1) is 14.0. The van der Waals surface area contributed by atoms with E-state index in [4.69, 9.17) is 8.92 Å². The second-order valence-corrected chi connectivity index (χ2v) is 15.7. The largest absolute Gasteiger partial charge is 0.475 e. The first-order valence-corrected chi connectivity index (χ1v) is 14.3. The summed E-state index contributed by atoms with van der Waals surface area (Å²) in [4.78, 5) is 13.4. The van der Waals surface area contributed by atoms with Gasteiger partial charge >= 0.3 is 0 Å². The van der Waals surface area contributed by atoms with E-state index in [-0.39, 0.29) is 9.49 Å². The first kappa shape index (κ1) is 24.0. The van der Waals surface area contributed by atoms with Crippen LogP contribution < -0.4 is 4.74 Å². The highest BCUT2D eigenvalue weighted by Gasteiger charge is 2.44. The minimum absolute atomic E-state index is 0.148. The van der Waals surface area contributed by atoms with Crippen LogP contribution in [0.25, 0.3) is 11.2 Å². The maximum Gasteiger partial charge on any atom is 0.245 e. The number of hydrogen-bond acceptors (Lipinski definition) is 5. The summed E-state index contributed by atoms with van der Waals surface area (Å²) in [6.45, 7) is 15.4. The predicted octanol–water partition coefficient (Wildman–Crippen LogP) is 5.94. The van der Waals surface area contributed by atoms with Crippen molar-refractivity contribution in [3.8, 4) is 5.88 Å². The molecule has 170 valence electrons. The zero-order chi connectivity index (χ0) is 22.2. The number of hydrogen-bond donors (Lipinski definition) is 0. The van der Waals surface area contributed by atoms with E-state index in [1.165, 1.54) is 6.42 Å². The monoisotopic (exact) mass is 548 g/mol. The van der Waals surface area contributed by atoms with E-state index in [1.54, 1.807) is 6.33 Å². The molecule has 2 heterocycles. The van der Waals surface area contributed by atoms with Gasteiger partial charge in [-0.2, -0.15) is 4.98 Å². The van der Waals surface area contributed by atoms with Crippen molar-refractivity contribution in [1.29, 1.82) is 0 Å². The molecule has 2 aromatic heterocycles. The third-order valence-corrected chi connectivity index (χ3v) is 12.1. The van der Waals surface area contributed by atoms with Crippen LogP contribution in [0.4, 0.5) is 0 Å². The molecule has 8 heteroatoms. The van der Waals surface area contributed by atoms with Crippen LogP contribution in [-0.4, -0.2) is 52.9 Å². The molecular formula is C22H37IN4O2S. The van der Waals surface area contributed by atoms with Crippen LogP contribution in [0.1, 0.15) is 66.8 Å². The Bertz CT molecular complexity index is 845. The fourth-order valence-electron chi connectivity index (χ4n) is 4.30. The Balaban J connectivity index is 1.70. The molecule has 1 saturated carbocycles. The van der Waals surface area contributed by atoms with E-state index >= 15 is 0 Å². The third-order valence-electron chi connectivity index (χ3n) is 6.42. The SMILES string of the molecule is CC(C)(C)S(C)(OCC1CCC(n2cnc3c(OCCI)ncnc32)C1)C(C)(C)C. The van der Waals surface area contributed by atoms with Crippen molar-refractivity contribution in [2.45, 2.75) is 76.3 Å². The highest BCUT2D eigenvalue weighted by Crippen LogP contribution is 2.66. The molecule has 1 aliphatic carbocycles. The summed E-state index contributed by atoms with van der Waals surface area (Å²) in [6.07, 6.45) is 9.26. The van der Waals surface area contributed by atoms with Gasteiger partial charge in [-0.1, -0.05) is 64.1 Å². The lowest BCUT2D eigenvalue weighted by Gasteiger charge is -2.56. The van der Waals surface area contributed by atoms with Gasteiger partial charge in [0, 0.05) is 20.0 Å². The Hall–Kier alpha value is -0.610. The molecule has 0 amide bonds. The number of halogens is 1. The zero-order valence-corrected chi connectivity index (χ0v) is 22.4. The standard InChI is InChI=1S/C22H37IN4O2S/c1-21(2,3)30(7,22(4,5)6)29-13-16-8-9-17(12-16)27-15-26-18-19(27)24-14-25-20(18)28-11-10-23/h14-17H,8-13H2,1-7H3. The number of alkyl halides is 1. The van der Waals surface area contributed by atoms with Crippen LogP contribution in [0.3, 0.4) is 0 Å². The van der Waals surface area contributed by atoms with Crippen molar-refractivity contribution in [2.24, 2.45) is 5.92 Å². The number of aromatic nitrogens is 4. The molecule has 0 spiro atoms.